The number of hydrogen-bond acceptors (Lipinski definition) is 3. The summed E-state index contributed by atoms with van der Waals surface area (Å²) in [4.78, 5) is 28.6. The lowest BCUT2D eigenvalue weighted by atomic mass is 10.1. The Balaban J connectivity index is 2.20. The Labute approximate surface area is 150 Å². The molecule has 2 rings (SSSR count). The Kier molecular flexibility index (Phi) is 5.47. The van der Waals surface area contributed by atoms with Gasteiger partial charge in [0.05, 0.1) is 15.7 Å². The zero-order valence-corrected chi connectivity index (χ0v) is 15.0. The molecule has 1 aromatic carbocycles. The van der Waals surface area contributed by atoms with Gasteiger partial charge in [0.2, 0.25) is 0 Å². The minimum absolute atomic E-state index is 0.104. The number of benzene rings is 1. The van der Waals surface area contributed by atoms with Crippen LogP contribution in [0.2, 0.25) is 10.0 Å². The highest BCUT2D eigenvalue weighted by Gasteiger charge is 2.18. The smallest absolute Gasteiger partial charge is 0.274 e. The number of pyridine rings is 1. The lowest BCUT2D eigenvalue weighted by Gasteiger charge is -2.20. The van der Waals surface area contributed by atoms with E-state index < -0.39 is 11.4 Å². The molecule has 7 heteroatoms. The van der Waals surface area contributed by atoms with E-state index in [0.29, 0.717) is 10.7 Å². The number of nitrogens with zero attached hydrogens (tertiary/aromatic N) is 1. The van der Waals surface area contributed by atoms with E-state index in [1.165, 1.54) is 6.07 Å². The van der Waals surface area contributed by atoms with Crippen molar-refractivity contribution in [2.45, 2.75) is 26.3 Å². The lowest BCUT2D eigenvalue weighted by Crippen LogP contribution is -2.41. The number of hydrogen-bond donors (Lipinski definition) is 2. The van der Waals surface area contributed by atoms with Crippen LogP contribution in [0.25, 0.3) is 0 Å². The highest BCUT2D eigenvalue weighted by atomic mass is 35.5. The summed E-state index contributed by atoms with van der Waals surface area (Å²) in [5, 5.41) is 6.01. The van der Waals surface area contributed by atoms with Crippen LogP contribution in [0.3, 0.4) is 0 Å². The largest absolute Gasteiger partial charge is 0.346 e. The van der Waals surface area contributed by atoms with Gasteiger partial charge in [-0.3, -0.25) is 9.59 Å². The van der Waals surface area contributed by atoms with Gasteiger partial charge >= 0.3 is 0 Å². The monoisotopic (exact) mass is 365 g/mol. The SMILES string of the molecule is CC(C)(C)NC(=O)c1cccc(C(=O)Nc2cccc(Cl)c2Cl)n1. The van der Waals surface area contributed by atoms with Crippen molar-refractivity contribution in [1.29, 1.82) is 0 Å². The molecule has 0 aliphatic carbocycles. The van der Waals surface area contributed by atoms with Crippen molar-refractivity contribution in [3.63, 3.8) is 0 Å². The van der Waals surface area contributed by atoms with E-state index in [1.54, 1.807) is 30.3 Å². The normalized spacial score (nSPS) is 11.0. The molecule has 126 valence electrons. The minimum atomic E-state index is -0.482. The number of aromatic nitrogens is 1. The second-order valence-electron chi connectivity index (χ2n) is 6.17. The number of carbonyl (C=O) groups is 2. The Bertz CT molecular complexity index is 786. The first-order valence-corrected chi connectivity index (χ1v) is 7.98. The molecule has 0 unspecified atom stereocenters. The summed E-state index contributed by atoms with van der Waals surface area (Å²) in [6, 6.07) is 9.58. The van der Waals surface area contributed by atoms with Gasteiger partial charge in [0.15, 0.2) is 0 Å². The van der Waals surface area contributed by atoms with Crippen LogP contribution >= 0.6 is 23.2 Å². The minimum Gasteiger partial charge on any atom is -0.346 e. The van der Waals surface area contributed by atoms with Gasteiger partial charge in [0.1, 0.15) is 11.4 Å². The van der Waals surface area contributed by atoms with Crippen molar-refractivity contribution in [2.24, 2.45) is 0 Å². The molecule has 2 aromatic rings. The van der Waals surface area contributed by atoms with E-state index in [0.717, 1.165) is 0 Å². The van der Waals surface area contributed by atoms with Crippen molar-refractivity contribution in [3.05, 3.63) is 57.8 Å². The molecule has 24 heavy (non-hydrogen) atoms. The molecule has 0 saturated carbocycles. The molecule has 0 saturated heterocycles. The maximum Gasteiger partial charge on any atom is 0.274 e. The molecule has 0 fully saturated rings. The highest BCUT2D eigenvalue weighted by Crippen LogP contribution is 2.29. The molecule has 0 aliphatic heterocycles. The fourth-order valence-corrected chi connectivity index (χ4v) is 2.23. The zero-order valence-electron chi connectivity index (χ0n) is 13.5. The van der Waals surface area contributed by atoms with Crippen LogP contribution in [0.5, 0.6) is 0 Å². The van der Waals surface area contributed by atoms with Crippen LogP contribution in [-0.2, 0) is 0 Å². The van der Waals surface area contributed by atoms with Gasteiger partial charge in [-0.1, -0.05) is 35.3 Å². The molecule has 0 radical (unpaired) electrons. The molecule has 2 N–H and O–H groups in total. The second kappa shape index (κ2) is 7.20. The lowest BCUT2D eigenvalue weighted by molar-refractivity contribution is 0.0914. The molecule has 0 aliphatic rings. The summed E-state index contributed by atoms with van der Waals surface area (Å²) in [7, 11) is 0. The van der Waals surface area contributed by atoms with Crippen molar-refractivity contribution >= 4 is 40.7 Å². The van der Waals surface area contributed by atoms with E-state index in [2.05, 4.69) is 15.6 Å². The summed E-state index contributed by atoms with van der Waals surface area (Å²) < 4.78 is 0. The number of nitrogens with one attached hydrogen (secondary N) is 2. The third kappa shape index (κ3) is 4.69. The van der Waals surface area contributed by atoms with Gasteiger partial charge in [0, 0.05) is 5.54 Å². The predicted molar refractivity (Wildman–Crippen MR) is 95.9 cm³/mol. The standard InChI is InChI=1S/C17H17Cl2N3O2/c1-17(2,3)22-16(24)13-9-5-8-12(20-13)15(23)21-11-7-4-6-10(18)14(11)19/h4-9H,1-3H3,(H,21,23)(H,22,24). The maximum atomic E-state index is 12.3. The molecule has 1 heterocycles. The zero-order chi connectivity index (χ0) is 17.9. The van der Waals surface area contributed by atoms with Crippen LogP contribution in [0.1, 0.15) is 41.7 Å². The highest BCUT2D eigenvalue weighted by molar-refractivity contribution is 6.44. The quantitative estimate of drug-likeness (QED) is 0.857. The summed E-state index contributed by atoms with van der Waals surface area (Å²) in [6.07, 6.45) is 0. The average molecular weight is 366 g/mol. The van der Waals surface area contributed by atoms with Gasteiger partial charge < -0.3 is 10.6 Å². The molecule has 0 spiro atoms. The van der Waals surface area contributed by atoms with E-state index in [4.69, 9.17) is 23.2 Å². The van der Waals surface area contributed by atoms with Crippen LogP contribution in [0.4, 0.5) is 5.69 Å². The first kappa shape index (κ1) is 18.2. The van der Waals surface area contributed by atoms with Crippen molar-refractivity contribution in [1.82, 2.24) is 10.3 Å². The number of halogens is 2. The number of anilines is 1. The summed E-state index contributed by atoms with van der Waals surface area (Å²) >= 11 is 12.0. The van der Waals surface area contributed by atoms with Gasteiger partial charge in [-0.25, -0.2) is 4.98 Å². The third-order valence-electron chi connectivity index (χ3n) is 2.90. The topological polar surface area (TPSA) is 71.1 Å². The number of rotatable bonds is 3. The Morgan fingerprint density at radius 1 is 0.958 bits per heavy atom. The first-order chi connectivity index (χ1) is 11.2. The number of amides is 2. The summed E-state index contributed by atoms with van der Waals surface area (Å²) in [6.45, 7) is 5.59. The predicted octanol–water partition coefficient (Wildman–Crippen LogP) is 4.17. The van der Waals surface area contributed by atoms with Gasteiger partial charge in [0.25, 0.3) is 11.8 Å². The van der Waals surface area contributed by atoms with Crippen LogP contribution in [0, 0.1) is 0 Å². The van der Waals surface area contributed by atoms with E-state index in [9.17, 15) is 9.59 Å². The Hall–Kier alpha value is -2.11. The van der Waals surface area contributed by atoms with E-state index >= 15 is 0 Å². The van der Waals surface area contributed by atoms with Crippen molar-refractivity contribution in [3.8, 4) is 0 Å². The van der Waals surface area contributed by atoms with Crippen LogP contribution in [-0.4, -0.2) is 22.3 Å². The molecular formula is C17H17Cl2N3O2. The van der Waals surface area contributed by atoms with Crippen LogP contribution < -0.4 is 10.6 Å². The fourth-order valence-electron chi connectivity index (χ4n) is 1.88. The molecule has 1 aromatic heterocycles. The first-order valence-electron chi connectivity index (χ1n) is 7.22. The summed E-state index contributed by atoms with van der Waals surface area (Å²) in [5.41, 5.74) is 0.244. The Morgan fingerprint density at radius 2 is 1.54 bits per heavy atom. The van der Waals surface area contributed by atoms with Gasteiger partial charge in [-0.05, 0) is 45.0 Å². The second-order valence-corrected chi connectivity index (χ2v) is 6.95. The molecule has 5 nitrogen and oxygen atoms in total. The van der Waals surface area contributed by atoms with Crippen molar-refractivity contribution in [2.75, 3.05) is 5.32 Å². The summed E-state index contributed by atoms with van der Waals surface area (Å²) in [5.74, 6) is -0.831. The van der Waals surface area contributed by atoms with Gasteiger partial charge in [-0.2, -0.15) is 0 Å². The average Bonchev–Trinajstić information content (AvgIpc) is 2.50. The molecular weight excluding hydrogens is 349 g/mol. The van der Waals surface area contributed by atoms with E-state index in [1.807, 2.05) is 20.8 Å². The maximum absolute atomic E-state index is 12.3. The van der Waals surface area contributed by atoms with Crippen molar-refractivity contribution < 1.29 is 9.59 Å². The van der Waals surface area contributed by atoms with E-state index in [-0.39, 0.29) is 22.3 Å². The fraction of sp³-hybridized carbons (Fsp3) is 0.235. The molecule has 0 atom stereocenters. The Morgan fingerprint density at radius 3 is 2.17 bits per heavy atom. The number of carbonyl (C=O) groups excluding carboxylic acids is 2. The third-order valence-corrected chi connectivity index (χ3v) is 3.72. The van der Waals surface area contributed by atoms with Crippen LogP contribution in [0.15, 0.2) is 36.4 Å². The van der Waals surface area contributed by atoms with Gasteiger partial charge in [-0.15, -0.1) is 0 Å². The molecule has 2 amide bonds. The molecule has 0 bridgehead atoms.